The molecule has 19 heavy (non-hydrogen) atoms. The van der Waals surface area contributed by atoms with Crippen molar-refractivity contribution in [1.29, 1.82) is 0 Å². The lowest BCUT2D eigenvalue weighted by Gasteiger charge is -2.10. The van der Waals surface area contributed by atoms with Crippen LogP contribution in [0.4, 0.5) is 0 Å². The van der Waals surface area contributed by atoms with E-state index in [4.69, 9.17) is 9.47 Å². The first-order valence-corrected chi connectivity index (χ1v) is 7.37. The predicted octanol–water partition coefficient (Wildman–Crippen LogP) is 2.54. The summed E-state index contributed by atoms with van der Waals surface area (Å²) >= 11 is 3.29. The van der Waals surface area contributed by atoms with Gasteiger partial charge in [-0.15, -0.1) is 0 Å². The van der Waals surface area contributed by atoms with E-state index in [2.05, 4.69) is 21.2 Å². The maximum absolute atomic E-state index is 12.0. The highest BCUT2D eigenvalue weighted by Gasteiger charge is 2.11. The minimum Gasteiger partial charge on any atom is -0.496 e. The molecule has 0 spiro atoms. The van der Waals surface area contributed by atoms with Crippen molar-refractivity contribution in [1.82, 2.24) is 5.32 Å². The molecular weight excluding hydrogens is 310 g/mol. The third kappa shape index (κ3) is 5.61. The molecule has 106 valence electrons. The van der Waals surface area contributed by atoms with Crippen LogP contribution in [0.3, 0.4) is 0 Å². The van der Waals surface area contributed by atoms with Crippen LogP contribution in [0.2, 0.25) is 0 Å². The molecule has 4 nitrogen and oxygen atoms in total. The zero-order chi connectivity index (χ0) is 14.1. The lowest BCUT2D eigenvalue weighted by molar-refractivity contribution is 0.0941. The smallest absolute Gasteiger partial charge is 0.255 e. The van der Waals surface area contributed by atoms with Gasteiger partial charge in [-0.25, -0.2) is 0 Å². The second-order valence-electron chi connectivity index (χ2n) is 4.11. The van der Waals surface area contributed by atoms with Crippen LogP contribution in [0, 0.1) is 6.92 Å². The Bertz CT molecular complexity index is 410. The van der Waals surface area contributed by atoms with Gasteiger partial charge in [0.1, 0.15) is 5.75 Å². The zero-order valence-electron chi connectivity index (χ0n) is 11.4. The summed E-state index contributed by atoms with van der Waals surface area (Å²) < 4.78 is 10.5. The Labute approximate surface area is 122 Å². The van der Waals surface area contributed by atoms with Gasteiger partial charge in [0.2, 0.25) is 0 Å². The van der Waals surface area contributed by atoms with Crippen LogP contribution in [0.15, 0.2) is 18.2 Å². The van der Waals surface area contributed by atoms with Gasteiger partial charge in [-0.2, -0.15) is 0 Å². The first-order valence-electron chi connectivity index (χ1n) is 6.25. The van der Waals surface area contributed by atoms with Crippen LogP contribution >= 0.6 is 15.9 Å². The Balaban J connectivity index is 2.43. The average molecular weight is 330 g/mol. The fourth-order valence-electron chi connectivity index (χ4n) is 1.63. The summed E-state index contributed by atoms with van der Waals surface area (Å²) in [6.45, 7) is 3.89. The van der Waals surface area contributed by atoms with Crippen LogP contribution in [0.25, 0.3) is 0 Å². The molecule has 0 aliphatic heterocycles. The summed E-state index contributed by atoms with van der Waals surface area (Å²) in [4.78, 5) is 12.0. The number of amides is 1. The number of halogens is 1. The molecule has 0 unspecified atom stereocenters. The first kappa shape index (κ1) is 16.0. The normalized spacial score (nSPS) is 10.3. The van der Waals surface area contributed by atoms with E-state index in [0.717, 1.165) is 17.3 Å². The van der Waals surface area contributed by atoms with Gasteiger partial charge in [0.05, 0.1) is 19.3 Å². The minimum atomic E-state index is -0.110. The number of carbonyl (C=O) groups excluding carboxylic acids is 1. The molecule has 0 aromatic heterocycles. The van der Waals surface area contributed by atoms with E-state index in [1.54, 1.807) is 7.11 Å². The molecule has 0 heterocycles. The molecular formula is C14H20BrNO3. The lowest BCUT2D eigenvalue weighted by Crippen LogP contribution is -2.25. The lowest BCUT2D eigenvalue weighted by atomic mass is 10.1. The number of nitrogens with one attached hydrogen (secondary N) is 1. The van der Waals surface area contributed by atoms with Gasteiger partial charge in [-0.1, -0.05) is 27.6 Å². The maximum Gasteiger partial charge on any atom is 0.255 e. The van der Waals surface area contributed by atoms with Crippen molar-refractivity contribution >= 4 is 21.8 Å². The highest BCUT2D eigenvalue weighted by molar-refractivity contribution is 9.09. The van der Waals surface area contributed by atoms with Crippen LogP contribution in [-0.2, 0) is 4.74 Å². The number of hydrogen-bond acceptors (Lipinski definition) is 3. The molecule has 0 aliphatic carbocycles. The molecule has 1 amide bonds. The predicted molar refractivity (Wildman–Crippen MR) is 79.3 cm³/mol. The van der Waals surface area contributed by atoms with Crippen LogP contribution in [-0.4, -0.2) is 38.1 Å². The van der Waals surface area contributed by atoms with Gasteiger partial charge in [-0.05, 0) is 25.5 Å². The number of rotatable bonds is 8. The highest BCUT2D eigenvalue weighted by atomic mass is 79.9. The maximum atomic E-state index is 12.0. The van der Waals surface area contributed by atoms with Gasteiger partial charge < -0.3 is 14.8 Å². The van der Waals surface area contributed by atoms with Crippen molar-refractivity contribution in [3.63, 3.8) is 0 Å². The second kappa shape index (κ2) is 8.93. The number of alkyl halides is 1. The fraction of sp³-hybridized carbons (Fsp3) is 0.500. The minimum absolute atomic E-state index is 0.110. The average Bonchev–Trinajstić information content (AvgIpc) is 2.42. The molecule has 1 N–H and O–H groups in total. The molecule has 0 radical (unpaired) electrons. The summed E-state index contributed by atoms with van der Waals surface area (Å²) in [5.41, 5.74) is 1.61. The van der Waals surface area contributed by atoms with Crippen LogP contribution in [0.5, 0.6) is 5.75 Å². The topological polar surface area (TPSA) is 47.6 Å². The molecule has 1 rings (SSSR count). The molecule has 0 atom stereocenters. The third-order valence-electron chi connectivity index (χ3n) is 2.57. The van der Waals surface area contributed by atoms with E-state index < -0.39 is 0 Å². The summed E-state index contributed by atoms with van der Waals surface area (Å²) in [7, 11) is 1.57. The van der Waals surface area contributed by atoms with E-state index in [9.17, 15) is 4.79 Å². The molecule has 0 bridgehead atoms. The first-order chi connectivity index (χ1) is 9.19. The quantitative estimate of drug-likeness (QED) is 0.589. The third-order valence-corrected chi connectivity index (χ3v) is 2.90. The van der Waals surface area contributed by atoms with Gasteiger partial charge >= 0.3 is 0 Å². The summed E-state index contributed by atoms with van der Waals surface area (Å²) in [5.74, 6) is 0.486. The fourth-order valence-corrected chi connectivity index (χ4v) is 1.86. The van der Waals surface area contributed by atoms with E-state index in [1.165, 1.54) is 0 Å². The van der Waals surface area contributed by atoms with Gasteiger partial charge in [0.25, 0.3) is 5.91 Å². The largest absolute Gasteiger partial charge is 0.496 e. The molecule has 1 aromatic rings. The van der Waals surface area contributed by atoms with Crippen molar-refractivity contribution < 1.29 is 14.3 Å². The summed E-state index contributed by atoms with van der Waals surface area (Å²) in [5, 5.41) is 3.70. The SMILES string of the molecule is COc1ccc(C)cc1C(=O)NCCCOCCBr. The Morgan fingerprint density at radius 2 is 2.16 bits per heavy atom. The van der Waals surface area contributed by atoms with Gasteiger partial charge in [0.15, 0.2) is 0 Å². The number of ether oxygens (including phenoxy) is 2. The van der Waals surface area contributed by atoms with Crippen molar-refractivity contribution in [2.45, 2.75) is 13.3 Å². The second-order valence-corrected chi connectivity index (χ2v) is 4.91. The van der Waals surface area contributed by atoms with Crippen molar-refractivity contribution in [3.8, 4) is 5.75 Å². The Kier molecular flexibility index (Phi) is 7.52. The Morgan fingerprint density at radius 3 is 2.84 bits per heavy atom. The molecule has 0 aliphatic rings. The molecule has 0 saturated carbocycles. The van der Waals surface area contributed by atoms with Crippen molar-refractivity contribution in [3.05, 3.63) is 29.3 Å². The van der Waals surface area contributed by atoms with E-state index in [1.807, 2.05) is 25.1 Å². The molecule has 0 fully saturated rings. The van der Waals surface area contributed by atoms with E-state index >= 15 is 0 Å². The van der Waals surface area contributed by atoms with Gasteiger partial charge in [0, 0.05) is 18.5 Å². The molecule has 5 heteroatoms. The van der Waals surface area contributed by atoms with Crippen LogP contribution in [0.1, 0.15) is 22.3 Å². The number of benzene rings is 1. The van der Waals surface area contributed by atoms with E-state index in [-0.39, 0.29) is 5.91 Å². The molecule has 1 aromatic carbocycles. The molecule has 0 saturated heterocycles. The Morgan fingerprint density at radius 1 is 1.37 bits per heavy atom. The highest BCUT2D eigenvalue weighted by Crippen LogP contribution is 2.19. The number of aryl methyl sites for hydroxylation is 1. The zero-order valence-corrected chi connectivity index (χ0v) is 13.0. The van der Waals surface area contributed by atoms with Crippen molar-refractivity contribution in [2.75, 3.05) is 32.2 Å². The number of carbonyl (C=O) groups is 1. The monoisotopic (exact) mass is 329 g/mol. The van der Waals surface area contributed by atoms with E-state index in [0.29, 0.717) is 31.1 Å². The van der Waals surface area contributed by atoms with Crippen molar-refractivity contribution in [2.24, 2.45) is 0 Å². The standard InChI is InChI=1S/C14H20BrNO3/c1-11-4-5-13(18-2)12(10-11)14(17)16-7-3-8-19-9-6-15/h4-5,10H,3,6-9H2,1-2H3,(H,16,17). The van der Waals surface area contributed by atoms with Crippen LogP contribution < -0.4 is 10.1 Å². The van der Waals surface area contributed by atoms with Gasteiger partial charge in [-0.3, -0.25) is 4.79 Å². The summed E-state index contributed by atoms with van der Waals surface area (Å²) in [6, 6.07) is 5.56. The Hall–Kier alpha value is -1.07. The number of hydrogen-bond donors (Lipinski definition) is 1. The summed E-state index contributed by atoms with van der Waals surface area (Å²) in [6.07, 6.45) is 0.798. The number of methoxy groups -OCH3 is 1.